The highest BCUT2D eigenvalue weighted by molar-refractivity contribution is 6.17. The number of aliphatic imine (C=N–C) groups is 1. The first kappa shape index (κ1) is 26.7. The number of rotatable bonds is 8. The third kappa shape index (κ3) is 6.56. The monoisotopic (exact) mass is 450 g/mol. The minimum Gasteiger partial charge on any atom is -0.449 e. The molecule has 0 aliphatic carbocycles. The van der Waals surface area contributed by atoms with E-state index in [0.717, 1.165) is 18.8 Å². The minimum absolute atomic E-state index is 0.0904. The van der Waals surface area contributed by atoms with Crippen LogP contribution in [0.15, 0.2) is 34.6 Å². The Labute approximate surface area is 193 Å². The number of hydrogen-bond donors (Lipinski definition) is 0. The standard InChI is InChI=1S/C23H26N6O4/c1-7-28(8-2)17-11-12-18(16(5)13-17)27-20(15-25)21(19(14-24)26-6)29(22(30)32-9-3)23(31)33-10-4/h11-13H,7-10H2,1-5H3/b21-19-,27-20?. The molecule has 10 nitrogen and oxygen atoms in total. The van der Waals surface area contributed by atoms with Gasteiger partial charge in [-0.15, -0.1) is 0 Å². The Hall–Kier alpha value is -4.36. The van der Waals surface area contributed by atoms with Crippen LogP contribution in [-0.2, 0) is 9.47 Å². The second kappa shape index (κ2) is 13.1. The molecule has 0 bridgehead atoms. The summed E-state index contributed by atoms with van der Waals surface area (Å²) in [5, 5.41) is 19.3. The highest BCUT2D eigenvalue weighted by Gasteiger charge is 2.34. The molecule has 2 amide bonds. The fourth-order valence-corrected chi connectivity index (χ4v) is 2.89. The summed E-state index contributed by atoms with van der Waals surface area (Å²) < 4.78 is 9.79. The number of carbonyl (C=O) groups excluding carboxylic acids is 2. The van der Waals surface area contributed by atoms with E-state index in [1.807, 2.05) is 26.0 Å². The number of amides is 2. The van der Waals surface area contributed by atoms with Crippen molar-refractivity contribution in [2.24, 2.45) is 4.99 Å². The van der Waals surface area contributed by atoms with Crippen molar-refractivity contribution in [1.82, 2.24) is 4.90 Å². The summed E-state index contributed by atoms with van der Waals surface area (Å²) in [6, 6.07) is 8.80. The highest BCUT2D eigenvalue weighted by atomic mass is 16.6. The van der Waals surface area contributed by atoms with Gasteiger partial charge in [0.25, 0.3) is 5.70 Å². The molecule has 0 aliphatic heterocycles. The zero-order valence-electron chi connectivity index (χ0n) is 19.4. The number of nitriles is 2. The van der Waals surface area contributed by atoms with Gasteiger partial charge < -0.3 is 14.4 Å². The predicted molar refractivity (Wildman–Crippen MR) is 123 cm³/mol. The quantitative estimate of drug-likeness (QED) is 0.319. The van der Waals surface area contributed by atoms with Crippen LogP contribution in [0, 0.1) is 36.2 Å². The molecule has 0 aromatic heterocycles. The molecular weight excluding hydrogens is 424 g/mol. The molecule has 1 rings (SSSR count). The molecule has 0 radical (unpaired) electrons. The molecule has 0 heterocycles. The van der Waals surface area contributed by atoms with Crippen LogP contribution in [-0.4, -0.2) is 49.1 Å². The molecule has 33 heavy (non-hydrogen) atoms. The predicted octanol–water partition coefficient (Wildman–Crippen LogP) is 4.71. The number of aryl methyl sites for hydroxylation is 1. The van der Waals surface area contributed by atoms with Gasteiger partial charge in [-0.1, -0.05) is 0 Å². The van der Waals surface area contributed by atoms with Crippen molar-refractivity contribution < 1.29 is 19.1 Å². The lowest BCUT2D eigenvalue weighted by molar-refractivity contribution is 0.0935. The van der Waals surface area contributed by atoms with Crippen LogP contribution in [0.25, 0.3) is 4.85 Å². The van der Waals surface area contributed by atoms with E-state index in [4.69, 9.17) is 16.0 Å². The number of hydrogen-bond acceptors (Lipinski definition) is 8. The van der Waals surface area contributed by atoms with Crippen LogP contribution >= 0.6 is 0 Å². The molecule has 0 spiro atoms. The minimum atomic E-state index is -1.20. The summed E-state index contributed by atoms with van der Waals surface area (Å²) >= 11 is 0. The van der Waals surface area contributed by atoms with Crippen LogP contribution in [0.5, 0.6) is 0 Å². The molecule has 0 unspecified atom stereocenters. The van der Waals surface area contributed by atoms with Gasteiger partial charge in [0.15, 0.2) is 5.71 Å². The molecule has 0 N–H and O–H groups in total. The van der Waals surface area contributed by atoms with E-state index in [-0.39, 0.29) is 13.2 Å². The second-order valence-electron chi connectivity index (χ2n) is 6.37. The smallest absolute Gasteiger partial charge is 0.422 e. The van der Waals surface area contributed by atoms with Gasteiger partial charge in [-0.05, 0) is 58.4 Å². The van der Waals surface area contributed by atoms with E-state index in [2.05, 4.69) is 14.7 Å². The molecular formula is C23H26N6O4. The van der Waals surface area contributed by atoms with E-state index in [9.17, 15) is 20.1 Å². The third-order valence-electron chi connectivity index (χ3n) is 4.44. The van der Waals surface area contributed by atoms with Gasteiger partial charge >= 0.3 is 12.2 Å². The normalized spacial score (nSPS) is 11.3. The van der Waals surface area contributed by atoms with E-state index >= 15 is 0 Å². The van der Waals surface area contributed by atoms with Gasteiger partial charge in [-0.3, -0.25) is 0 Å². The third-order valence-corrected chi connectivity index (χ3v) is 4.44. The number of benzene rings is 1. The summed E-state index contributed by atoms with van der Waals surface area (Å²) in [5.41, 5.74) is 0.279. The maximum absolute atomic E-state index is 12.5. The second-order valence-corrected chi connectivity index (χ2v) is 6.37. The molecule has 172 valence electrons. The fraction of sp³-hybridized carbons (Fsp3) is 0.391. The number of nitrogens with zero attached hydrogens (tertiary/aromatic N) is 6. The molecule has 1 aromatic carbocycles. The number of allylic oxidation sites excluding steroid dienone is 2. The Morgan fingerprint density at radius 2 is 1.64 bits per heavy atom. The average molecular weight is 450 g/mol. The molecule has 0 aliphatic rings. The lowest BCUT2D eigenvalue weighted by atomic mass is 10.1. The average Bonchev–Trinajstić information content (AvgIpc) is 2.80. The zero-order valence-corrected chi connectivity index (χ0v) is 19.4. The SMILES string of the molecule is [C-]#[N+]/C(C#N)=C(/C(C#N)=Nc1ccc(N(CC)CC)cc1C)N(C(=O)OCC)C(=O)OCC. The van der Waals surface area contributed by atoms with Crippen molar-refractivity contribution in [1.29, 1.82) is 10.5 Å². The van der Waals surface area contributed by atoms with Crippen LogP contribution in [0.4, 0.5) is 21.0 Å². The van der Waals surface area contributed by atoms with Crippen molar-refractivity contribution in [2.75, 3.05) is 31.2 Å². The molecule has 0 saturated heterocycles. The largest absolute Gasteiger partial charge is 0.449 e. The summed E-state index contributed by atoms with van der Waals surface area (Å²) in [6.45, 7) is 17.6. The number of anilines is 1. The van der Waals surface area contributed by atoms with Gasteiger partial charge in [0.1, 0.15) is 11.8 Å². The van der Waals surface area contributed by atoms with Crippen LogP contribution in [0.3, 0.4) is 0 Å². The molecule has 0 atom stereocenters. The van der Waals surface area contributed by atoms with Crippen molar-refractivity contribution in [3.63, 3.8) is 0 Å². The van der Waals surface area contributed by atoms with Gasteiger partial charge in [0.2, 0.25) is 0 Å². The highest BCUT2D eigenvalue weighted by Crippen LogP contribution is 2.27. The van der Waals surface area contributed by atoms with Crippen molar-refractivity contribution >= 4 is 29.3 Å². The van der Waals surface area contributed by atoms with Crippen LogP contribution < -0.4 is 4.90 Å². The van der Waals surface area contributed by atoms with E-state index < -0.39 is 29.3 Å². The van der Waals surface area contributed by atoms with Crippen molar-refractivity contribution in [2.45, 2.75) is 34.6 Å². The van der Waals surface area contributed by atoms with Gasteiger partial charge in [0, 0.05) is 18.8 Å². The van der Waals surface area contributed by atoms with Crippen molar-refractivity contribution in [3.8, 4) is 12.1 Å². The van der Waals surface area contributed by atoms with Gasteiger partial charge in [0.05, 0.1) is 31.5 Å². The lowest BCUT2D eigenvalue weighted by Crippen LogP contribution is -2.40. The summed E-state index contributed by atoms with van der Waals surface area (Å²) in [4.78, 5) is 34.9. The number of ether oxygens (including phenoxy) is 2. The first-order chi connectivity index (χ1) is 15.8. The summed E-state index contributed by atoms with van der Waals surface area (Å²) in [5.74, 6) is 0. The Kier molecular flexibility index (Phi) is 10.6. The molecule has 1 aromatic rings. The molecule has 0 fully saturated rings. The molecule has 0 saturated carbocycles. The zero-order chi connectivity index (χ0) is 25.0. The first-order valence-electron chi connectivity index (χ1n) is 10.3. The van der Waals surface area contributed by atoms with Gasteiger partial charge in [-0.25, -0.2) is 24.7 Å². The van der Waals surface area contributed by atoms with E-state index in [1.54, 1.807) is 25.1 Å². The van der Waals surface area contributed by atoms with E-state index in [0.29, 0.717) is 16.2 Å². The van der Waals surface area contributed by atoms with E-state index in [1.165, 1.54) is 13.8 Å². The maximum atomic E-state index is 12.5. The Bertz CT molecular complexity index is 1030. The van der Waals surface area contributed by atoms with Gasteiger partial charge in [-0.2, -0.15) is 10.2 Å². The lowest BCUT2D eigenvalue weighted by Gasteiger charge is -2.22. The van der Waals surface area contributed by atoms with Crippen molar-refractivity contribution in [3.05, 3.63) is 46.6 Å². The Morgan fingerprint density at radius 1 is 1.06 bits per heavy atom. The maximum Gasteiger partial charge on any atom is 0.422 e. The van der Waals surface area contributed by atoms with Crippen LogP contribution in [0.2, 0.25) is 0 Å². The first-order valence-corrected chi connectivity index (χ1v) is 10.3. The summed E-state index contributed by atoms with van der Waals surface area (Å²) in [7, 11) is 0. The fourth-order valence-electron chi connectivity index (χ4n) is 2.89. The Balaban J connectivity index is 3.76. The Morgan fingerprint density at radius 3 is 2.03 bits per heavy atom. The summed E-state index contributed by atoms with van der Waals surface area (Å²) in [6.07, 6.45) is -2.39. The molecule has 10 heteroatoms. The van der Waals surface area contributed by atoms with Crippen LogP contribution in [0.1, 0.15) is 33.3 Å². The topological polar surface area (TPSA) is 123 Å². The number of imide groups is 1. The number of carbonyl (C=O) groups is 2.